The SMILES string of the molecule is O=C(NNC(=O)C1COc2ccccc2O1)c1ccc(N2CCOCC2)cc1. The lowest BCUT2D eigenvalue weighted by atomic mass is 10.2. The Hall–Kier alpha value is -3.26. The molecule has 1 fully saturated rings. The fourth-order valence-electron chi connectivity index (χ4n) is 3.06. The standard InChI is InChI=1S/C20H21N3O5/c24-19(14-5-7-15(8-6-14)23-9-11-26-12-10-23)21-22-20(25)18-13-27-16-3-1-2-4-17(16)28-18/h1-8,18H,9-13H2,(H,21,24)(H,22,25). The number of hydrazine groups is 1. The van der Waals surface area contributed by atoms with Gasteiger partial charge in [-0.1, -0.05) is 12.1 Å². The lowest BCUT2D eigenvalue weighted by Gasteiger charge is -2.28. The molecule has 1 unspecified atom stereocenters. The Kier molecular flexibility index (Phi) is 5.29. The van der Waals surface area contributed by atoms with E-state index >= 15 is 0 Å². The van der Waals surface area contributed by atoms with E-state index in [1.165, 1.54) is 0 Å². The van der Waals surface area contributed by atoms with Crippen molar-refractivity contribution in [2.75, 3.05) is 37.8 Å². The smallest absolute Gasteiger partial charge is 0.283 e. The molecule has 2 amide bonds. The quantitative estimate of drug-likeness (QED) is 0.773. The summed E-state index contributed by atoms with van der Waals surface area (Å²) in [6, 6.07) is 14.3. The monoisotopic (exact) mass is 383 g/mol. The van der Waals surface area contributed by atoms with Crippen LogP contribution in [0.4, 0.5) is 5.69 Å². The lowest BCUT2D eigenvalue weighted by Crippen LogP contribution is -2.50. The molecule has 0 saturated carbocycles. The zero-order chi connectivity index (χ0) is 19.3. The van der Waals surface area contributed by atoms with E-state index in [4.69, 9.17) is 14.2 Å². The summed E-state index contributed by atoms with van der Waals surface area (Å²) in [5.41, 5.74) is 6.29. The zero-order valence-corrected chi connectivity index (χ0v) is 15.2. The summed E-state index contributed by atoms with van der Waals surface area (Å²) in [5, 5.41) is 0. The molecule has 8 nitrogen and oxygen atoms in total. The Labute approximate surface area is 162 Å². The highest BCUT2D eigenvalue weighted by Crippen LogP contribution is 2.30. The van der Waals surface area contributed by atoms with Gasteiger partial charge >= 0.3 is 0 Å². The summed E-state index contributed by atoms with van der Waals surface area (Å²) in [6.07, 6.45) is -0.834. The first kappa shape index (κ1) is 18.1. The van der Waals surface area contributed by atoms with E-state index in [1.807, 2.05) is 18.2 Å². The predicted octanol–water partition coefficient (Wildman–Crippen LogP) is 1.12. The Balaban J connectivity index is 1.30. The van der Waals surface area contributed by atoms with Gasteiger partial charge in [-0.15, -0.1) is 0 Å². The first-order chi connectivity index (χ1) is 13.7. The normalized spacial score (nSPS) is 18.3. The van der Waals surface area contributed by atoms with Crippen molar-refractivity contribution in [3.05, 3.63) is 54.1 Å². The molecule has 2 aromatic rings. The first-order valence-electron chi connectivity index (χ1n) is 9.12. The largest absolute Gasteiger partial charge is 0.485 e. The van der Waals surface area contributed by atoms with E-state index in [0.29, 0.717) is 30.3 Å². The molecule has 8 heteroatoms. The van der Waals surface area contributed by atoms with Crippen molar-refractivity contribution in [3.63, 3.8) is 0 Å². The van der Waals surface area contributed by atoms with Crippen LogP contribution in [0.1, 0.15) is 10.4 Å². The molecule has 146 valence electrons. The Morgan fingerprint density at radius 2 is 1.64 bits per heavy atom. The van der Waals surface area contributed by atoms with E-state index in [9.17, 15) is 9.59 Å². The third-order valence-electron chi connectivity index (χ3n) is 4.61. The van der Waals surface area contributed by atoms with Gasteiger partial charge in [-0.3, -0.25) is 20.4 Å². The molecule has 2 aromatic carbocycles. The number of ether oxygens (including phenoxy) is 3. The number of nitrogens with one attached hydrogen (secondary N) is 2. The molecule has 0 spiro atoms. The topological polar surface area (TPSA) is 89.1 Å². The minimum Gasteiger partial charge on any atom is -0.485 e. The first-order valence-corrected chi connectivity index (χ1v) is 9.12. The van der Waals surface area contributed by atoms with E-state index < -0.39 is 17.9 Å². The van der Waals surface area contributed by atoms with Crippen LogP contribution in [0.25, 0.3) is 0 Å². The number of hydrogen-bond donors (Lipinski definition) is 2. The molecule has 28 heavy (non-hydrogen) atoms. The molecule has 0 bridgehead atoms. The van der Waals surface area contributed by atoms with Crippen molar-refractivity contribution in [1.29, 1.82) is 0 Å². The van der Waals surface area contributed by atoms with Crippen molar-refractivity contribution in [3.8, 4) is 11.5 Å². The van der Waals surface area contributed by atoms with Gasteiger partial charge in [0, 0.05) is 24.3 Å². The van der Waals surface area contributed by atoms with Gasteiger partial charge in [0.15, 0.2) is 11.5 Å². The molecule has 1 atom stereocenters. The fraction of sp³-hybridized carbons (Fsp3) is 0.300. The highest BCUT2D eigenvalue weighted by molar-refractivity contribution is 5.96. The number of benzene rings is 2. The summed E-state index contributed by atoms with van der Waals surface area (Å²) in [5.74, 6) is 0.210. The van der Waals surface area contributed by atoms with Crippen LogP contribution >= 0.6 is 0 Å². The zero-order valence-electron chi connectivity index (χ0n) is 15.2. The van der Waals surface area contributed by atoms with Gasteiger partial charge in [0.05, 0.1) is 13.2 Å². The minimum atomic E-state index is -0.834. The van der Waals surface area contributed by atoms with Crippen LogP contribution in [0.15, 0.2) is 48.5 Å². The van der Waals surface area contributed by atoms with Gasteiger partial charge in [-0.25, -0.2) is 0 Å². The Morgan fingerprint density at radius 3 is 2.39 bits per heavy atom. The minimum absolute atomic E-state index is 0.0764. The van der Waals surface area contributed by atoms with Crippen LogP contribution in [0.2, 0.25) is 0 Å². The number of carbonyl (C=O) groups is 2. The van der Waals surface area contributed by atoms with Crippen molar-refractivity contribution >= 4 is 17.5 Å². The highest BCUT2D eigenvalue weighted by Gasteiger charge is 2.27. The van der Waals surface area contributed by atoms with Gasteiger partial charge in [-0.2, -0.15) is 0 Å². The number of nitrogens with zero attached hydrogens (tertiary/aromatic N) is 1. The van der Waals surface area contributed by atoms with Crippen molar-refractivity contribution in [2.45, 2.75) is 6.10 Å². The average Bonchev–Trinajstić information content (AvgIpc) is 2.77. The molecule has 0 aromatic heterocycles. The fourth-order valence-corrected chi connectivity index (χ4v) is 3.06. The van der Waals surface area contributed by atoms with Crippen LogP contribution in [-0.4, -0.2) is 50.8 Å². The van der Waals surface area contributed by atoms with Crippen LogP contribution in [0.3, 0.4) is 0 Å². The summed E-state index contributed by atoms with van der Waals surface area (Å²) in [6.45, 7) is 3.13. The summed E-state index contributed by atoms with van der Waals surface area (Å²) in [7, 11) is 0. The number of rotatable bonds is 3. The highest BCUT2D eigenvalue weighted by atomic mass is 16.6. The van der Waals surface area contributed by atoms with E-state index in [2.05, 4.69) is 15.8 Å². The Morgan fingerprint density at radius 1 is 0.929 bits per heavy atom. The molecule has 4 rings (SSSR count). The van der Waals surface area contributed by atoms with Crippen LogP contribution in [0.5, 0.6) is 11.5 Å². The van der Waals surface area contributed by atoms with Crippen LogP contribution in [-0.2, 0) is 9.53 Å². The maximum Gasteiger partial charge on any atom is 0.283 e. The number of amides is 2. The average molecular weight is 383 g/mol. The summed E-state index contributed by atoms with van der Waals surface area (Å²) < 4.78 is 16.5. The maximum atomic E-state index is 12.3. The van der Waals surface area contributed by atoms with Crippen molar-refractivity contribution in [2.24, 2.45) is 0 Å². The second-order valence-electron chi connectivity index (χ2n) is 6.45. The number of carbonyl (C=O) groups excluding carboxylic acids is 2. The number of fused-ring (bicyclic) bond motifs is 1. The molecule has 1 saturated heterocycles. The molecule has 2 heterocycles. The van der Waals surface area contributed by atoms with Gasteiger partial charge in [0.1, 0.15) is 6.61 Å². The second kappa shape index (κ2) is 8.18. The van der Waals surface area contributed by atoms with Gasteiger partial charge in [0.25, 0.3) is 11.8 Å². The molecule has 0 radical (unpaired) electrons. The summed E-state index contributed by atoms with van der Waals surface area (Å²) >= 11 is 0. The number of para-hydroxylation sites is 2. The molecular weight excluding hydrogens is 362 g/mol. The third-order valence-corrected chi connectivity index (χ3v) is 4.61. The third kappa shape index (κ3) is 4.01. The molecule has 2 N–H and O–H groups in total. The van der Waals surface area contributed by atoms with Crippen LogP contribution in [0, 0.1) is 0 Å². The van der Waals surface area contributed by atoms with Crippen molar-refractivity contribution in [1.82, 2.24) is 10.9 Å². The number of anilines is 1. The van der Waals surface area contributed by atoms with Gasteiger partial charge in [0.2, 0.25) is 6.10 Å². The van der Waals surface area contributed by atoms with E-state index in [0.717, 1.165) is 18.8 Å². The number of morpholine rings is 1. The maximum absolute atomic E-state index is 12.3. The lowest BCUT2D eigenvalue weighted by molar-refractivity contribution is -0.131. The molecular formula is C20H21N3O5. The van der Waals surface area contributed by atoms with Crippen LogP contribution < -0.4 is 25.2 Å². The molecule has 2 aliphatic heterocycles. The van der Waals surface area contributed by atoms with E-state index in [1.54, 1.807) is 30.3 Å². The van der Waals surface area contributed by atoms with Gasteiger partial charge < -0.3 is 19.1 Å². The Bertz CT molecular complexity index is 849. The van der Waals surface area contributed by atoms with Crippen molar-refractivity contribution < 1.29 is 23.8 Å². The van der Waals surface area contributed by atoms with Gasteiger partial charge in [-0.05, 0) is 36.4 Å². The second-order valence-corrected chi connectivity index (χ2v) is 6.45. The molecule has 0 aliphatic carbocycles. The van der Waals surface area contributed by atoms with E-state index in [-0.39, 0.29) is 6.61 Å². The predicted molar refractivity (Wildman–Crippen MR) is 101 cm³/mol. The molecule has 2 aliphatic rings. The summed E-state index contributed by atoms with van der Waals surface area (Å²) in [4.78, 5) is 26.7. The number of hydrogen-bond acceptors (Lipinski definition) is 6.